The molecule has 0 bridgehead atoms. The Labute approximate surface area is 127 Å². The predicted molar refractivity (Wildman–Crippen MR) is 87.5 cm³/mol. The first-order chi connectivity index (χ1) is 9.52. The second-order valence-corrected chi connectivity index (χ2v) is 5.65. The van der Waals surface area contributed by atoms with Gasteiger partial charge in [-0.25, -0.2) is 0 Å². The number of hydrogen-bond acceptors (Lipinski definition) is 2. The molecule has 0 heterocycles. The maximum atomic E-state index is 12.2. The monoisotopic (exact) mass is 292 g/mol. The SMILES string of the molecule is CCCCC(=O)N(CCC(N)=S)Cc1ccc(C)cc1. The average molecular weight is 292 g/mol. The predicted octanol–water partition coefficient (Wildman–Crippen LogP) is 3.19. The zero-order valence-electron chi connectivity index (χ0n) is 12.4. The van der Waals surface area contributed by atoms with Crippen LogP contribution in [0.25, 0.3) is 0 Å². The lowest BCUT2D eigenvalue weighted by atomic mass is 10.1. The van der Waals surface area contributed by atoms with Crippen molar-refractivity contribution in [3.05, 3.63) is 35.4 Å². The van der Waals surface area contributed by atoms with Crippen LogP contribution in [0, 0.1) is 6.92 Å². The van der Waals surface area contributed by atoms with Gasteiger partial charge in [-0.2, -0.15) is 0 Å². The van der Waals surface area contributed by atoms with E-state index in [1.807, 2.05) is 4.90 Å². The van der Waals surface area contributed by atoms with Gasteiger partial charge in [0, 0.05) is 25.9 Å². The summed E-state index contributed by atoms with van der Waals surface area (Å²) >= 11 is 4.91. The van der Waals surface area contributed by atoms with E-state index in [1.54, 1.807) is 0 Å². The van der Waals surface area contributed by atoms with Crippen LogP contribution in [0.2, 0.25) is 0 Å². The van der Waals surface area contributed by atoms with Crippen molar-refractivity contribution in [3.8, 4) is 0 Å². The maximum Gasteiger partial charge on any atom is 0.222 e. The minimum atomic E-state index is 0.184. The molecule has 3 nitrogen and oxygen atoms in total. The highest BCUT2D eigenvalue weighted by Crippen LogP contribution is 2.10. The lowest BCUT2D eigenvalue weighted by Gasteiger charge is -2.23. The molecule has 1 amide bonds. The van der Waals surface area contributed by atoms with Crippen LogP contribution in [0.15, 0.2) is 24.3 Å². The third-order valence-corrected chi connectivity index (χ3v) is 3.42. The van der Waals surface area contributed by atoms with E-state index < -0.39 is 0 Å². The van der Waals surface area contributed by atoms with Gasteiger partial charge in [0.2, 0.25) is 5.91 Å². The summed E-state index contributed by atoms with van der Waals surface area (Å²) in [6.45, 7) is 5.38. The van der Waals surface area contributed by atoms with E-state index in [1.165, 1.54) is 5.56 Å². The molecule has 0 aliphatic carbocycles. The van der Waals surface area contributed by atoms with Crippen LogP contribution in [-0.4, -0.2) is 22.3 Å². The lowest BCUT2D eigenvalue weighted by Crippen LogP contribution is -2.33. The molecule has 0 aliphatic heterocycles. The van der Waals surface area contributed by atoms with Gasteiger partial charge in [-0.3, -0.25) is 4.79 Å². The molecular weight excluding hydrogens is 268 g/mol. The molecule has 1 rings (SSSR count). The van der Waals surface area contributed by atoms with Crippen LogP contribution in [0.3, 0.4) is 0 Å². The Morgan fingerprint density at radius 3 is 2.45 bits per heavy atom. The van der Waals surface area contributed by atoms with Crippen LogP contribution in [0.1, 0.15) is 43.7 Å². The first kappa shape index (κ1) is 16.6. The van der Waals surface area contributed by atoms with Gasteiger partial charge in [-0.1, -0.05) is 55.4 Å². The van der Waals surface area contributed by atoms with Crippen molar-refractivity contribution in [2.75, 3.05) is 6.54 Å². The molecule has 0 aliphatic rings. The number of carbonyl (C=O) groups is 1. The molecule has 1 aromatic carbocycles. The van der Waals surface area contributed by atoms with Crippen molar-refractivity contribution in [2.24, 2.45) is 5.73 Å². The van der Waals surface area contributed by atoms with Crippen molar-refractivity contribution in [2.45, 2.75) is 46.1 Å². The van der Waals surface area contributed by atoms with Gasteiger partial charge in [0.25, 0.3) is 0 Å². The van der Waals surface area contributed by atoms with Crippen LogP contribution < -0.4 is 5.73 Å². The third-order valence-electron chi connectivity index (χ3n) is 3.22. The Balaban J connectivity index is 2.67. The summed E-state index contributed by atoms with van der Waals surface area (Å²) < 4.78 is 0. The number of aryl methyl sites for hydroxylation is 1. The van der Waals surface area contributed by atoms with Crippen LogP contribution in [-0.2, 0) is 11.3 Å². The quantitative estimate of drug-likeness (QED) is 0.749. The number of benzene rings is 1. The topological polar surface area (TPSA) is 46.3 Å². The fourth-order valence-corrected chi connectivity index (χ4v) is 2.03. The van der Waals surface area contributed by atoms with Gasteiger partial charge < -0.3 is 10.6 Å². The zero-order valence-corrected chi connectivity index (χ0v) is 13.2. The number of unbranched alkanes of at least 4 members (excludes halogenated alkanes) is 1. The van der Waals surface area contributed by atoms with Crippen molar-refractivity contribution >= 4 is 23.1 Å². The second-order valence-electron chi connectivity index (χ2n) is 5.12. The van der Waals surface area contributed by atoms with Crippen LogP contribution in [0.5, 0.6) is 0 Å². The highest BCUT2D eigenvalue weighted by Gasteiger charge is 2.13. The fraction of sp³-hybridized carbons (Fsp3) is 0.500. The van der Waals surface area contributed by atoms with Gasteiger partial charge in [-0.15, -0.1) is 0 Å². The number of thiocarbonyl (C=S) groups is 1. The number of carbonyl (C=O) groups excluding carboxylic acids is 1. The molecule has 0 saturated carbocycles. The molecule has 0 atom stereocenters. The van der Waals surface area contributed by atoms with Crippen molar-refractivity contribution in [3.63, 3.8) is 0 Å². The first-order valence-corrected chi connectivity index (χ1v) is 7.55. The van der Waals surface area contributed by atoms with E-state index in [2.05, 4.69) is 38.1 Å². The summed E-state index contributed by atoms with van der Waals surface area (Å²) in [5, 5.41) is 0. The average Bonchev–Trinajstić information content (AvgIpc) is 2.42. The minimum Gasteiger partial charge on any atom is -0.393 e. The van der Waals surface area contributed by atoms with Gasteiger partial charge in [0.05, 0.1) is 4.99 Å². The van der Waals surface area contributed by atoms with E-state index >= 15 is 0 Å². The number of nitrogens with two attached hydrogens (primary N) is 1. The molecule has 0 spiro atoms. The molecule has 0 aromatic heterocycles. The van der Waals surface area contributed by atoms with E-state index in [4.69, 9.17) is 18.0 Å². The summed E-state index contributed by atoms with van der Waals surface area (Å²) in [5.41, 5.74) is 7.91. The molecule has 2 N–H and O–H groups in total. The van der Waals surface area contributed by atoms with Crippen LogP contribution >= 0.6 is 12.2 Å². The third kappa shape index (κ3) is 6.15. The van der Waals surface area contributed by atoms with E-state index in [-0.39, 0.29) is 5.91 Å². The van der Waals surface area contributed by atoms with Gasteiger partial charge in [-0.05, 0) is 18.9 Å². The molecule has 0 unspecified atom stereocenters. The van der Waals surface area contributed by atoms with Crippen molar-refractivity contribution in [1.29, 1.82) is 0 Å². The molecule has 0 saturated heterocycles. The maximum absolute atomic E-state index is 12.2. The first-order valence-electron chi connectivity index (χ1n) is 7.14. The Bertz CT molecular complexity index is 442. The standard InChI is InChI=1S/C16H24N2OS/c1-3-4-5-16(19)18(11-10-15(17)20)12-14-8-6-13(2)7-9-14/h6-9H,3-5,10-12H2,1-2H3,(H2,17,20). The smallest absolute Gasteiger partial charge is 0.222 e. The van der Waals surface area contributed by atoms with Gasteiger partial charge in [0.15, 0.2) is 0 Å². The molecule has 110 valence electrons. The molecule has 20 heavy (non-hydrogen) atoms. The molecule has 0 radical (unpaired) electrons. The Morgan fingerprint density at radius 2 is 1.90 bits per heavy atom. The normalized spacial score (nSPS) is 10.3. The van der Waals surface area contributed by atoms with E-state index in [9.17, 15) is 4.79 Å². The Kier molecular flexibility index (Phi) is 7.23. The highest BCUT2D eigenvalue weighted by molar-refractivity contribution is 7.80. The summed E-state index contributed by atoms with van der Waals surface area (Å²) in [5.74, 6) is 0.184. The number of nitrogens with zero attached hydrogens (tertiary/aromatic N) is 1. The second kappa shape index (κ2) is 8.69. The number of amides is 1. The molecule has 1 aromatic rings. The van der Waals surface area contributed by atoms with Gasteiger partial charge >= 0.3 is 0 Å². The summed E-state index contributed by atoms with van der Waals surface area (Å²) in [4.78, 5) is 14.5. The molecule has 0 fully saturated rings. The number of rotatable bonds is 8. The number of hydrogen-bond donors (Lipinski definition) is 1. The summed E-state index contributed by atoms with van der Waals surface area (Å²) in [7, 11) is 0. The summed E-state index contributed by atoms with van der Waals surface area (Å²) in [6.07, 6.45) is 3.13. The van der Waals surface area contributed by atoms with Crippen LogP contribution in [0.4, 0.5) is 0 Å². The Morgan fingerprint density at radius 1 is 1.25 bits per heavy atom. The van der Waals surface area contributed by atoms with Crippen molar-refractivity contribution in [1.82, 2.24) is 4.90 Å². The van der Waals surface area contributed by atoms with Crippen molar-refractivity contribution < 1.29 is 4.79 Å². The Hall–Kier alpha value is -1.42. The lowest BCUT2D eigenvalue weighted by molar-refractivity contribution is -0.131. The molecular formula is C16H24N2OS. The highest BCUT2D eigenvalue weighted by atomic mass is 32.1. The largest absolute Gasteiger partial charge is 0.393 e. The van der Waals surface area contributed by atoms with Gasteiger partial charge in [0.1, 0.15) is 0 Å². The van der Waals surface area contributed by atoms with E-state index in [0.29, 0.717) is 30.9 Å². The fourth-order valence-electron chi connectivity index (χ4n) is 1.94. The molecule has 4 heteroatoms. The summed E-state index contributed by atoms with van der Waals surface area (Å²) in [6, 6.07) is 8.27. The minimum absolute atomic E-state index is 0.184. The van der Waals surface area contributed by atoms with E-state index in [0.717, 1.165) is 18.4 Å². The zero-order chi connectivity index (χ0) is 15.0.